The van der Waals surface area contributed by atoms with E-state index in [1.54, 1.807) is 71.5 Å². The number of nitrogens with zero attached hydrogens (tertiary/aromatic N) is 2. The van der Waals surface area contributed by atoms with Gasteiger partial charge in [-0.15, -0.1) is 0 Å². The third-order valence-corrected chi connectivity index (χ3v) is 6.61. The molecule has 0 radical (unpaired) electrons. The largest absolute Gasteiger partial charge is 0.484 e. The maximum absolute atomic E-state index is 13.3. The fourth-order valence-corrected chi connectivity index (χ4v) is 4.93. The number of benzene rings is 3. The first kappa shape index (κ1) is 24.7. The predicted octanol–water partition coefficient (Wildman–Crippen LogP) is 5.15. The fraction of sp³-hybridized carbons (Fsp3) is 0.208. The summed E-state index contributed by atoms with van der Waals surface area (Å²) in [5, 5.41) is 5.03. The molecular weight excluding hydrogens is 486 g/mol. The van der Waals surface area contributed by atoms with Crippen molar-refractivity contribution in [3.8, 4) is 11.4 Å². The highest BCUT2D eigenvalue weighted by atomic mass is 32.2. The van der Waals surface area contributed by atoms with Crippen LogP contribution in [0.2, 0.25) is 0 Å². The van der Waals surface area contributed by atoms with Crippen molar-refractivity contribution in [2.75, 3.05) is 5.75 Å². The van der Waals surface area contributed by atoms with E-state index in [2.05, 4.69) is 9.82 Å². The van der Waals surface area contributed by atoms with Crippen molar-refractivity contribution < 1.29 is 30.7 Å². The molecule has 0 fully saturated rings. The van der Waals surface area contributed by atoms with Crippen LogP contribution in [0.4, 0.5) is 17.6 Å². The van der Waals surface area contributed by atoms with Crippen LogP contribution in [0.3, 0.4) is 0 Å². The highest BCUT2D eigenvalue weighted by Gasteiger charge is 2.37. The number of aromatic nitrogens is 2. The van der Waals surface area contributed by atoms with E-state index in [4.69, 9.17) is 4.74 Å². The Labute approximate surface area is 199 Å². The summed E-state index contributed by atoms with van der Waals surface area (Å²) >= 11 is 0. The second kappa shape index (κ2) is 9.67. The Hall–Kier alpha value is -3.44. The monoisotopic (exact) mass is 507 g/mol. The maximum atomic E-state index is 13.3. The Morgan fingerprint density at radius 3 is 2.37 bits per heavy atom. The zero-order chi connectivity index (χ0) is 25.2. The van der Waals surface area contributed by atoms with Gasteiger partial charge in [0, 0.05) is 5.39 Å². The molecule has 0 spiro atoms. The topological polar surface area (TPSA) is 73.2 Å². The van der Waals surface area contributed by atoms with Gasteiger partial charge in [0.25, 0.3) is 0 Å². The van der Waals surface area contributed by atoms with Crippen LogP contribution in [-0.2, 0) is 10.0 Å². The standard InChI is InChI=1S/C24H21F4N3O3S/c1-16(30-35(32,33)15-24(26,27)28)23(17-5-3-2-4-6-17)34-21-11-12-22-18(13-21)14-29-31(22)20-9-7-19(25)8-10-20/h2-14,16,23,30H,15H2,1H3/t16-,23+/m0/s1. The quantitative estimate of drug-likeness (QED) is 0.335. The molecule has 184 valence electrons. The molecule has 2 atom stereocenters. The van der Waals surface area contributed by atoms with Crippen LogP contribution in [-0.4, -0.2) is 36.2 Å². The van der Waals surface area contributed by atoms with E-state index in [1.165, 1.54) is 19.1 Å². The lowest BCUT2D eigenvalue weighted by Gasteiger charge is -2.26. The number of alkyl halides is 3. The summed E-state index contributed by atoms with van der Waals surface area (Å²) in [6.07, 6.45) is -4.19. The van der Waals surface area contributed by atoms with Crippen LogP contribution >= 0.6 is 0 Å². The van der Waals surface area contributed by atoms with Crippen molar-refractivity contribution in [3.63, 3.8) is 0 Å². The van der Waals surface area contributed by atoms with E-state index in [0.717, 1.165) is 5.52 Å². The molecule has 0 amide bonds. The number of sulfonamides is 1. The SMILES string of the molecule is C[C@H](NS(=O)(=O)CC(F)(F)F)[C@@H](Oc1ccc2c(cnn2-c2ccc(F)cc2)c1)c1ccccc1. The van der Waals surface area contributed by atoms with Crippen molar-refractivity contribution >= 4 is 20.9 Å². The zero-order valence-corrected chi connectivity index (χ0v) is 19.2. The normalized spacial score (nSPS) is 14.1. The number of hydrogen-bond donors (Lipinski definition) is 1. The second-order valence-electron chi connectivity index (χ2n) is 7.98. The van der Waals surface area contributed by atoms with Gasteiger partial charge in [0.1, 0.15) is 17.7 Å². The van der Waals surface area contributed by atoms with Crippen molar-refractivity contribution in [2.24, 2.45) is 0 Å². The molecule has 0 saturated heterocycles. The van der Waals surface area contributed by atoms with Gasteiger partial charge in [-0.05, 0) is 55.0 Å². The molecular formula is C24H21F4N3O3S. The van der Waals surface area contributed by atoms with Gasteiger partial charge < -0.3 is 4.74 Å². The molecule has 4 aromatic rings. The predicted molar refractivity (Wildman–Crippen MR) is 123 cm³/mol. The Balaban J connectivity index is 1.62. The molecule has 4 rings (SSSR count). The molecule has 0 saturated carbocycles. The summed E-state index contributed by atoms with van der Waals surface area (Å²) in [5.74, 6) is -1.99. The van der Waals surface area contributed by atoms with Gasteiger partial charge in [0.05, 0.1) is 23.4 Å². The van der Waals surface area contributed by atoms with Gasteiger partial charge in [-0.1, -0.05) is 30.3 Å². The van der Waals surface area contributed by atoms with Crippen LogP contribution < -0.4 is 9.46 Å². The second-order valence-corrected chi connectivity index (χ2v) is 9.74. The highest BCUT2D eigenvalue weighted by molar-refractivity contribution is 7.89. The van der Waals surface area contributed by atoms with Gasteiger partial charge in [-0.25, -0.2) is 22.2 Å². The van der Waals surface area contributed by atoms with Crippen molar-refractivity contribution in [2.45, 2.75) is 25.2 Å². The molecule has 1 N–H and O–H groups in total. The van der Waals surface area contributed by atoms with E-state index >= 15 is 0 Å². The molecule has 0 unspecified atom stereocenters. The van der Waals surface area contributed by atoms with Crippen molar-refractivity contribution in [1.82, 2.24) is 14.5 Å². The third-order valence-electron chi connectivity index (χ3n) is 5.18. The first-order chi connectivity index (χ1) is 16.5. The molecule has 0 aliphatic rings. The molecule has 35 heavy (non-hydrogen) atoms. The number of fused-ring (bicyclic) bond motifs is 1. The van der Waals surface area contributed by atoms with Crippen LogP contribution in [0.15, 0.2) is 79.0 Å². The molecule has 1 aromatic heterocycles. The van der Waals surface area contributed by atoms with E-state index < -0.39 is 34.1 Å². The van der Waals surface area contributed by atoms with Crippen molar-refractivity contribution in [1.29, 1.82) is 0 Å². The first-order valence-corrected chi connectivity index (χ1v) is 12.2. The number of halogens is 4. The molecule has 1 heterocycles. The summed E-state index contributed by atoms with van der Waals surface area (Å²) in [6, 6.07) is 18.5. The van der Waals surface area contributed by atoms with Crippen molar-refractivity contribution in [3.05, 3.63) is 90.4 Å². The average Bonchev–Trinajstić information content (AvgIpc) is 3.20. The highest BCUT2D eigenvalue weighted by Crippen LogP contribution is 2.29. The average molecular weight is 508 g/mol. The molecule has 0 aliphatic carbocycles. The Bertz CT molecular complexity index is 1410. The van der Waals surface area contributed by atoms with E-state index in [9.17, 15) is 26.0 Å². The Morgan fingerprint density at radius 2 is 1.71 bits per heavy atom. The smallest absolute Gasteiger partial charge is 0.404 e. The minimum absolute atomic E-state index is 0.367. The number of hydrogen-bond acceptors (Lipinski definition) is 4. The lowest BCUT2D eigenvalue weighted by Crippen LogP contribution is -2.42. The van der Waals surface area contributed by atoms with Crippen LogP contribution in [0, 0.1) is 5.82 Å². The van der Waals surface area contributed by atoms with E-state index in [0.29, 0.717) is 22.4 Å². The zero-order valence-electron chi connectivity index (χ0n) is 18.4. The number of ether oxygens (including phenoxy) is 1. The van der Waals surface area contributed by atoms with Crippen LogP contribution in [0.25, 0.3) is 16.6 Å². The molecule has 3 aromatic carbocycles. The first-order valence-electron chi connectivity index (χ1n) is 10.5. The number of rotatable bonds is 8. The van der Waals surface area contributed by atoms with Gasteiger partial charge in [0.15, 0.2) is 5.75 Å². The van der Waals surface area contributed by atoms with E-state index in [-0.39, 0.29) is 5.82 Å². The van der Waals surface area contributed by atoms with Crippen LogP contribution in [0.5, 0.6) is 5.75 Å². The molecule has 0 bridgehead atoms. The maximum Gasteiger partial charge on any atom is 0.404 e. The Kier molecular flexibility index (Phi) is 6.82. The summed E-state index contributed by atoms with van der Waals surface area (Å²) in [6.45, 7) is 1.44. The van der Waals surface area contributed by atoms with Gasteiger partial charge in [-0.3, -0.25) is 0 Å². The third kappa shape index (κ3) is 6.17. The van der Waals surface area contributed by atoms with Gasteiger partial charge in [-0.2, -0.15) is 18.3 Å². The summed E-state index contributed by atoms with van der Waals surface area (Å²) in [7, 11) is -4.64. The van der Waals surface area contributed by atoms with Gasteiger partial charge >= 0.3 is 6.18 Å². The molecule has 0 aliphatic heterocycles. The minimum atomic E-state index is -4.87. The Morgan fingerprint density at radius 1 is 1.03 bits per heavy atom. The molecule has 6 nitrogen and oxygen atoms in total. The summed E-state index contributed by atoms with van der Waals surface area (Å²) in [5.41, 5.74) is 1.96. The number of nitrogens with one attached hydrogen (secondary N) is 1. The lowest BCUT2D eigenvalue weighted by atomic mass is 10.0. The lowest BCUT2D eigenvalue weighted by molar-refractivity contribution is -0.106. The minimum Gasteiger partial charge on any atom is -0.484 e. The molecule has 11 heteroatoms. The summed E-state index contributed by atoms with van der Waals surface area (Å²) < 4.78 is 85.2. The summed E-state index contributed by atoms with van der Waals surface area (Å²) in [4.78, 5) is 0. The van der Waals surface area contributed by atoms with Crippen LogP contribution in [0.1, 0.15) is 18.6 Å². The van der Waals surface area contributed by atoms with Gasteiger partial charge in [0.2, 0.25) is 10.0 Å². The van der Waals surface area contributed by atoms with E-state index in [1.807, 2.05) is 0 Å². The fourth-order valence-electron chi connectivity index (χ4n) is 3.72.